The van der Waals surface area contributed by atoms with E-state index in [1.165, 1.54) is 39.3 Å². The van der Waals surface area contributed by atoms with Gasteiger partial charge in [-0.15, -0.1) is 5.10 Å². The molecule has 0 bridgehead atoms. The minimum absolute atomic E-state index is 0.448. The van der Waals surface area contributed by atoms with Gasteiger partial charge in [0.15, 0.2) is 0 Å². The molecule has 1 aromatic carbocycles. The molecule has 0 unspecified atom stereocenters. The smallest absolute Gasteiger partial charge is 0.267 e. The van der Waals surface area contributed by atoms with Gasteiger partial charge < -0.3 is 4.42 Å². The molecule has 2 aromatic heterocycles. The average Bonchev–Trinajstić information content (AvgIpc) is 3.15. The number of benzene rings is 1. The molecule has 0 spiro atoms. The largest absolute Gasteiger partial charge is 0.461 e. The van der Waals surface area contributed by atoms with Crippen LogP contribution in [0, 0.1) is 10.5 Å². The number of nitrogens with one attached hydrogen (secondary N) is 1. The van der Waals surface area contributed by atoms with Gasteiger partial charge in [-0.1, -0.05) is 0 Å². The first kappa shape index (κ1) is 13.9. The Bertz CT molecular complexity index is 864. The van der Waals surface area contributed by atoms with Crippen molar-refractivity contribution in [2.75, 3.05) is 0 Å². The molecule has 0 fully saturated rings. The molecule has 22 heavy (non-hydrogen) atoms. The number of halogens is 1. The van der Waals surface area contributed by atoms with Crippen molar-refractivity contribution in [3.05, 3.63) is 38.4 Å². The van der Waals surface area contributed by atoms with Crippen molar-refractivity contribution in [2.24, 2.45) is 4.99 Å². The minimum Gasteiger partial charge on any atom is -0.461 e. The second-order valence-corrected chi connectivity index (χ2v) is 6.70. The summed E-state index contributed by atoms with van der Waals surface area (Å²) in [6.45, 7) is 2.13. The summed E-state index contributed by atoms with van der Waals surface area (Å²) in [7, 11) is 0. The number of rotatable bonds is 2. The van der Waals surface area contributed by atoms with Crippen LogP contribution in [-0.4, -0.2) is 21.4 Å². The Kier molecular flexibility index (Phi) is 3.48. The standard InChI is InChI=1S/C16H15IN4O/c1-9-11(7-18-16-19-8-20-21-16)15-10-4-2-3-5-13(10)22-14(15)6-12(9)17/h6-8H,2-5H2,1H3,(H,19,20,21)/b18-7+. The van der Waals surface area contributed by atoms with Crippen LogP contribution in [0.4, 0.5) is 5.95 Å². The molecule has 5 nitrogen and oxygen atoms in total. The molecule has 0 saturated heterocycles. The van der Waals surface area contributed by atoms with Crippen molar-refractivity contribution in [3.8, 4) is 0 Å². The van der Waals surface area contributed by atoms with E-state index in [-0.39, 0.29) is 0 Å². The lowest BCUT2D eigenvalue weighted by Gasteiger charge is -2.10. The van der Waals surface area contributed by atoms with Crippen LogP contribution in [-0.2, 0) is 12.8 Å². The Balaban J connectivity index is 1.94. The highest BCUT2D eigenvalue weighted by Gasteiger charge is 2.21. The van der Waals surface area contributed by atoms with Crippen molar-refractivity contribution >= 4 is 45.7 Å². The lowest BCUT2D eigenvalue weighted by Crippen LogP contribution is -2.00. The summed E-state index contributed by atoms with van der Waals surface area (Å²) in [4.78, 5) is 8.44. The number of furan rings is 1. The Hall–Kier alpha value is -1.70. The highest BCUT2D eigenvalue weighted by molar-refractivity contribution is 14.1. The van der Waals surface area contributed by atoms with E-state index >= 15 is 0 Å². The predicted octanol–water partition coefficient (Wildman–Crippen LogP) is 4.09. The number of aryl methyl sites for hydroxylation is 2. The van der Waals surface area contributed by atoms with Gasteiger partial charge in [0.05, 0.1) is 0 Å². The molecule has 1 N–H and O–H groups in total. The van der Waals surface area contributed by atoms with Gasteiger partial charge >= 0.3 is 0 Å². The fourth-order valence-corrected chi connectivity index (χ4v) is 3.64. The summed E-state index contributed by atoms with van der Waals surface area (Å²) in [6, 6.07) is 2.13. The van der Waals surface area contributed by atoms with Gasteiger partial charge in [0.25, 0.3) is 5.95 Å². The van der Waals surface area contributed by atoms with Gasteiger partial charge in [-0.3, -0.25) is 5.10 Å². The monoisotopic (exact) mass is 406 g/mol. The molecular formula is C16H15IN4O. The highest BCUT2D eigenvalue weighted by atomic mass is 127. The van der Waals surface area contributed by atoms with E-state index in [2.05, 4.69) is 55.8 Å². The molecule has 6 heteroatoms. The van der Waals surface area contributed by atoms with E-state index in [9.17, 15) is 0 Å². The fourth-order valence-electron chi connectivity index (χ4n) is 3.07. The first-order chi connectivity index (χ1) is 10.7. The highest BCUT2D eigenvalue weighted by Crippen LogP contribution is 2.36. The average molecular weight is 406 g/mol. The molecule has 2 heterocycles. The van der Waals surface area contributed by atoms with Crippen LogP contribution in [0.15, 0.2) is 21.8 Å². The van der Waals surface area contributed by atoms with Crippen LogP contribution in [0.25, 0.3) is 11.0 Å². The maximum Gasteiger partial charge on any atom is 0.267 e. The van der Waals surface area contributed by atoms with Gasteiger partial charge in [-0.2, -0.15) is 4.98 Å². The fraction of sp³-hybridized carbons (Fsp3) is 0.312. The number of hydrogen-bond donors (Lipinski definition) is 1. The van der Waals surface area contributed by atoms with Crippen molar-refractivity contribution in [1.29, 1.82) is 0 Å². The summed E-state index contributed by atoms with van der Waals surface area (Å²) in [5, 5.41) is 7.87. The number of fused-ring (bicyclic) bond motifs is 3. The lowest BCUT2D eigenvalue weighted by molar-refractivity contribution is 0.506. The van der Waals surface area contributed by atoms with Crippen molar-refractivity contribution in [1.82, 2.24) is 15.2 Å². The SMILES string of the molecule is Cc1c(I)cc2oc3c(c2c1/C=N/c1nc[nH]n1)CCCC3. The normalized spacial score (nSPS) is 14.8. The van der Waals surface area contributed by atoms with Crippen LogP contribution in [0.2, 0.25) is 0 Å². The maximum atomic E-state index is 6.10. The zero-order chi connectivity index (χ0) is 15.1. The Labute approximate surface area is 141 Å². The summed E-state index contributed by atoms with van der Waals surface area (Å²) in [5.41, 5.74) is 4.68. The molecule has 0 atom stereocenters. The molecule has 1 aliphatic carbocycles. The topological polar surface area (TPSA) is 67.1 Å². The van der Waals surface area contributed by atoms with E-state index in [4.69, 9.17) is 4.42 Å². The van der Waals surface area contributed by atoms with Crippen molar-refractivity contribution in [2.45, 2.75) is 32.6 Å². The van der Waals surface area contributed by atoms with E-state index in [1.54, 1.807) is 0 Å². The molecule has 0 aliphatic heterocycles. The Morgan fingerprint density at radius 1 is 1.36 bits per heavy atom. The molecule has 3 aromatic rings. The van der Waals surface area contributed by atoms with Gasteiger partial charge in [0.2, 0.25) is 0 Å². The number of nitrogens with zero attached hydrogens (tertiary/aromatic N) is 3. The summed E-state index contributed by atoms with van der Waals surface area (Å²) < 4.78 is 7.29. The van der Waals surface area contributed by atoms with Gasteiger partial charge in [0, 0.05) is 32.7 Å². The first-order valence-electron chi connectivity index (χ1n) is 7.37. The maximum absolute atomic E-state index is 6.10. The van der Waals surface area contributed by atoms with E-state index < -0.39 is 0 Å². The Morgan fingerprint density at radius 3 is 3.05 bits per heavy atom. The molecule has 112 valence electrons. The molecular weight excluding hydrogens is 391 g/mol. The predicted molar refractivity (Wildman–Crippen MR) is 93.9 cm³/mol. The molecule has 1 aliphatic rings. The van der Waals surface area contributed by atoms with Crippen LogP contribution < -0.4 is 0 Å². The number of hydrogen-bond acceptors (Lipinski definition) is 4. The first-order valence-corrected chi connectivity index (χ1v) is 8.45. The van der Waals surface area contributed by atoms with Crippen molar-refractivity contribution < 1.29 is 4.42 Å². The third kappa shape index (κ3) is 2.25. The third-order valence-electron chi connectivity index (χ3n) is 4.20. The third-order valence-corrected chi connectivity index (χ3v) is 5.32. The second kappa shape index (κ2) is 5.49. The summed E-state index contributed by atoms with van der Waals surface area (Å²) in [5.74, 6) is 1.60. The number of aromatic nitrogens is 3. The van der Waals surface area contributed by atoms with Crippen LogP contribution in [0.5, 0.6) is 0 Å². The van der Waals surface area contributed by atoms with Crippen molar-refractivity contribution in [3.63, 3.8) is 0 Å². The zero-order valence-electron chi connectivity index (χ0n) is 12.2. The van der Waals surface area contributed by atoms with E-state index in [1.807, 2.05) is 6.21 Å². The van der Waals surface area contributed by atoms with Crippen LogP contribution in [0.1, 0.15) is 35.3 Å². The van der Waals surface area contributed by atoms with Gasteiger partial charge in [0.1, 0.15) is 17.7 Å². The molecule has 0 saturated carbocycles. The lowest BCUT2D eigenvalue weighted by atomic mass is 9.93. The molecule has 0 radical (unpaired) electrons. The number of aliphatic imine (C=N–C) groups is 1. The summed E-state index contributed by atoms with van der Waals surface area (Å²) in [6.07, 6.45) is 7.96. The number of aromatic amines is 1. The minimum atomic E-state index is 0.448. The zero-order valence-corrected chi connectivity index (χ0v) is 14.3. The second-order valence-electron chi connectivity index (χ2n) is 5.54. The Morgan fingerprint density at radius 2 is 2.23 bits per heavy atom. The quantitative estimate of drug-likeness (QED) is 0.515. The van der Waals surface area contributed by atoms with Gasteiger partial charge in [-0.25, -0.2) is 4.99 Å². The van der Waals surface area contributed by atoms with E-state index in [0.717, 1.165) is 29.7 Å². The molecule has 4 rings (SSSR count). The van der Waals surface area contributed by atoms with Gasteiger partial charge in [-0.05, 0) is 60.4 Å². The van der Waals surface area contributed by atoms with Crippen LogP contribution in [0.3, 0.4) is 0 Å². The van der Waals surface area contributed by atoms with E-state index in [0.29, 0.717) is 5.95 Å². The molecule has 0 amide bonds. The van der Waals surface area contributed by atoms with Crippen LogP contribution >= 0.6 is 22.6 Å². The summed E-state index contributed by atoms with van der Waals surface area (Å²) >= 11 is 2.35. The number of H-pyrrole nitrogens is 1.